The smallest absolute Gasteiger partial charge is 0.455 e. The third-order valence-corrected chi connectivity index (χ3v) is 4.90. The zero-order valence-electron chi connectivity index (χ0n) is 16.7. The molecule has 0 saturated heterocycles. The van der Waals surface area contributed by atoms with Crippen LogP contribution in [0.4, 0.5) is 32.0 Å². The van der Waals surface area contributed by atoms with Crippen LogP contribution in [0.1, 0.15) is 13.3 Å². The molecule has 0 saturated carbocycles. The lowest BCUT2D eigenvalue weighted by molar-refractivity contribution is -0.278. The first-order valence-electron chi connectivity index (χ1n) is 9.35. The number of carbonyl (C=O) groups is 3. The normalized spacial score (nSPS) is 21.9. The Morgan fingerprint density at radius 1 is 1.21 bits per heavy atom. The number of benzene rings is 1. The number of rotatable bonds is 6. The number of fused-ring (bicyclic) bond motifs is 1. The van der Waals surface area contributed by atoms with Gasteiger partial charge in [0.2, 0.25) is 5.60 Å². The highest BCUT2D eigenvalue weighted by Crippen LogP contribution is 2.36. The van der Waals surface area contributed by atoms with Gasteiger partial charge in [-0.25, -0.2) is 4.39 Å². The number of alkyl halides is 5. The maximum Gasteiger partial charge on any atom is 0.455 e. The van der Waals surface area contributed by atoms with E-state index in [1.165, 1.54) is 11.4 Å². The van der Waals surface area contributed by atoms with Gasteiger partial charge in [-0.2, -0.15) is 22.0 Å². The van der Waals surface area contributed by atoms with Gasteiger partial charge in [0.1, 0.15) is 23.7 Å². The van der Waals surface area contributed by atoms with Gasteiger partial charge in [0.25, 0.3) is 17.7 Å². The summed E-state index contributed by atoms with van der Waals surface area (Å²) in [5.41, 5.74) is -2.63. The van der Waals surface area contributed by atoms with Gasteiger partial charge < -0.3 is 25.8 Å². The molecule has 4 N–H and O–H groups in total. The zero-order chi connectivity index (χ0) is 24.8. The Balaban J connectivity index is 1.75. The third-order valence-electron chi connectivity index (χ3n) is 4.90. The molecule has 1 aromatic rings. The van der Waals surface area contributed by atoms with Crippen molar-refractivity contribution in [2.75, 3.05) is 11.9 Å². The minimum absolute atomic E-state index is 0.0538. The molecule has 1 heterocycles. The van der Waals surface area contributed by atoms with Crippen LogP contribution in [0.2, 0.25) is 0 Å². The van der Waals surface area contributed by atoms with E-state index in [4.69, 9.17) is 4.74 Å². The summed E-state index contributed by atoms with van der Waals surface area (Å²) in [6.07, 6.45) is -5.03. The minimum atomic E-state index is -5.97. The first kappa shape index (κ1) is 24.4. The summed E-state index contributed by atoms with van der Waals surface area (Å²) in [5, 5.41) is 15.7. The molecule has 33 heavy (non-hydrogen) atoms. The fraction of sp³-hybridized carbons (Fsp3) is 0.421. The van der Waals surface area contributed by atoms with E-state index in [9.17, 15) is 45.8 Å². The molecule has 0 spiro atoms. The Labute approximate surface area is 182 Å². The molecule has 0 fully saturated rings. The molecule has 3 unspecified atom stereocenters. The van der Waals surface area contributed by atoms with E-state index in [0.29, 0.717) is 18.9 Å². The number of carbonyl (C=O) groups excluding carboxylic acids is 3. The second-order valence-corrected chi connectivity index (χ2v) is 7.56. The molecule has 180 valence electrons. The number of hydrogen-bond donors (Lipinski definition) is 4. The van der Waals surface area contributed by atoms with Gasteiger partial charge in [-0.05, 0) is 31.1 Å². The summed E-state index contributed by atoms with van der Waals surface area (Å²) in [4.78, 5) is 37.2. The third kappa shape index (κ3) is 5.05. The van der Waals surface area contributed by atoms with E-state index in [0.717, 1.165) is 12.1 Å². The van der Waals surface area contributed by atoms with E-state index < -0.39 is 59.9 Å². The Morgan fingerprint density at radius 3 is 2.42 bits per heavy atom. The summed E-state index contributed by atoms with van der Waals surface area (Å²) in [6, 6.07) is 1.70. The second kappa shape index (κ2) is 8.24. The number of halogens is 6. The summed E-state index contributed by atoms with van der Waals surface area (Å²) in [6.45, 7) is -1.67. The predicted octanol–water partition coefficient (Wildman–Crippen LogP) is 1.40. The van der Waals surface area contributed by atoms with Crippen LogP contribution in [-0.4, -0.2) is 59.2 Å². The van der Waals surface area contributed by atoms with Crippen molar-refractivity contribution in [3.8, 4) is 5.75 Å². The standard InChI is InChI=1S/C19H17F6N3O5/c1-17(32,15(30)26-7-18(21,22)19(23,24)25)16(31)28-12-13(8-2-3-8)33-11-5-4-9(20)6-10(11)27-14(12)29/h2,4-6,12-13,32H,3,7H2,1H3,(H,26,30)(H,27,29)(H,28,31). The minimum Gasteiger partial charge on any atom is -0.481 e. The van der Waals surface area contributed by atoms with Crippen molar-refractivity contribution in [2.45, 2.75) is 43.2 Å². The quantitative estimate of drug-likeness (QED) is 0.279. The lowest BCUT2D eigenvalue weighted by Gasteiger charge is -2.28. The monoisotopic (exact) mass is 481 g/mol. The summed E-state index contributed by atoms with van der Waals surface area (Å²) >= 11 is 0. The average molecular weight is 481 g/mol. The molecule has 8 nitrogen and oxygen atoms in total. The van der Waals surface area contributed by atoms with E-state index >= 15 is 0 Å². The van der Waals surface area contributed by atoms with Crippen molar-refractivity contribution in [1.29, 1.82) is 0 Å². The van der Waals surface area contributed by atoms with Crippen LogP contribution in [-0.2, 0) is 14.4 Å². The highest BCUT2D eigenvalue weighted by molar-refractivity contribution is 6.09. The summed E-state index contributed by atoms with van der Waals surface area (Å²) in [7, 11) is 0. The number of amides is 3. The van der Waals surface area contributed by atoms with Gasteiger partial charge in [-0.3, -0.25) is 14.4 Å². The van der Waals surface area contributed by atoms with Crippen LogP contribution in [0, 0.1) is 5.82 Å². The molecule has 1 aliphatic heterocycles. The number of ether oxygens (including phenoxy) is 1. The molecular weight excluding hydrogens is 464 g/mol. The molecule has 14 heteroatoms. The van der Waals surface area contributed by atoms with E-state index in [-0.39, 0.29) is 11.4 Å². The van der Waals surface area contributed by atoms with Crippen molar-refractivity contribution < 1.29 is 50.6 Å². The van der Waals surface area contributed by atoms with Crippen molar-refractivity contribution in [3.05, 3.63) is 35.7 Å². The lowest BCUT2D eigenvalue weighted by atomic mass is 10.0. The van der Waals surface area contributed by atoms with Crippen molar-refractivity contribution in [1.82, 2.24) is 10.6 Å². The average Bonchev–Trinajstić information content (AvgIpc) is 3.54. The van der Waals surface area contributed by atoms with Crippen LogP contribution >= 0.6 is 0 Å². The molecule has 1 aromatic carbocycles. The first-order chi connectivity index (χ1) is 15.1. The van der Waals surface area contributed by atoms with Crippen molar-refractivity contribution >= 4 is 23.4 Å². The fourth-order valence-corrected chi connectivity index (χ4v) is 2.83. The molecule has 0 bridgehead atoms. The lowest BCUT2D eigenvalue weighted by Crippen LogP contribution is -2.62. The SMILES string of the molecule is CC(O)(C(=O)NCC(F)(F)C(F)(F)F)C(=O)NC1C(=O)Nc2cc(F)ccc2OC1C1=CC1. The second-order valence-electron chi connectivity index (χ2n) is 7.56. The zero-order valence-corrected chi connectivity index (χ0v) is 16.7. The van der Waals surface area contributed by atoms with Gasteiger partial charge in [-0.15, -0.1) is 0 Å². The van der Waals surface area contributed by atoms with Gasteiger partial charge in [0.15, 0.2) is 0 Å². The maximum absolute atomic E-state index is 13.5. The Morgan fingerprint density at radius 2 is 1.85 bits per heavy atom. The molecule has 3 atom stereocenters. The topological polar surface area (TPSA) is 117 Å². The van der Waals surface area contributed by atoms with Crippen molar-refractivity contribution in [3.63, 3.8) is 0 Å². The number of nitrogens with one attached hydrogen (secondary N) is 3. The molecular formula is C19H17F6N3O5. The maximum atomic E-state index is 13.5. The molecule has 0 radical (unpaired) electrons. The summed E-state index contributed by atoms with van der Waals surface area (Å²) in [5.74, 6) is -10.3. The molecule has 3 rings (SSSR count). The van der Waals surface area contributed by atoms with E-state index in [1.54, 1.807) is 6.08 Å². The van der Waals surface area contributed by atoms with Gasteiger partial charge in [-0.1, -0.05) is 6.08 Å². The summed E-state index contributed by atoms with van der Waals surface area (Å²) < 4.78 is 82.0. The number of anilines is 1. The molecule has 3 amide bonds. The van der Waals surface area contributed by atoms with Gasteiger partial charge >= 0.3 is 12.1 Å². The van der Waals surface area contributed by atoms with Gasteiger partial charge in [0, 0.05) is 6.07 Å². The Kier molecular flexibility index (Phi) is 6.08. The number of aliphatic hydroxyl groups is 1. The molecule has 2 aliphatic rings. The fourth-order valence-electron chi connectivity index (χ4n) is 2.83. The molecule has 1 aliphatic carbocycles. The Hall–Kier alpha value is -3.29. The van der Waals surface area contributed by atoms with E-state index in [2.05, 4.69) is 5.32 Å². The van der Waals surface area contributed by atoms with Crippen LogP contribution < -0.4 is 20.7 Å². The van der Waals surface area contributed by atoms with Crippen LogP contribution in [0.25, 0.3) is 0 Å². The van der Waals surface area contributed by atoms with Gasteiger partial charge in [0.05, 0.1) is 12.2 Å². The van der Waals surface area contributed by atoms with E-state index in [1.807, 2.05) is 5.32 Å². The highest BCUT2D eigenvalue weighted by Gasteiger charge is 2.58. The molecule has 0 aromatic heterocycles. The Bertz CT molecular complexity index is 1020. The van der Waals surface area contributed by atoms with Crippen molar-refractivity contribution in [2.24, 2.45) is 0 Å². The van der Waals surface area contributed by atoms with Crippen LogP contribution in [0.5, 0.6) is 5.75 Å². The van der Waals surface area contributed by atoms with Crippen LogP contribution in [0.3, 0.4) is 0 Å². The number of allylic oxidation sites excluding steroid dienone is 1. The highest BCUT2D eigenvalue weighted by atomic mass is 19.4. The number of hydrogen-bond acceptors (Lipinski definition) is 5. The predicted molar refractivity (Wildman–Crippen MR) is 98.7 cm³/mol. The first-order valence-corrected chi connectivity index (χ1v) is 9.35. The largest absolute Gasteiger partial charge is 0.481 e. The van der Waals surface area contributed by atoms with Crippen LogP contribution in [0.15, 0.2) is 29.8 Å².